The summed E-state index contributed by atoms with van der Waals surface area (Å²) in [5.41, 5.74) is 3.09. The molecule has 3 heterocycles. The Labute approximate surface area is 131 Å². The van der Waals surface area contributed by atoms with Crippen molar-refractivity contribution in [1.82, 2.24) is 20.2 Å². The molecule has 0 N–H and O–H groups in total. The van der Waals surface area contributed by atoms with Crippen LogP contribution in [0, 0.1) is 13.8 Å². The molecule has 0 bridgehead atoms. The Kier molecular flexibility index (Phi) is 4.26. The molecule has 106 valence electrons. The summed E-state index contributed by atoms with van der Waals surface area (Å²) in [6.07, 6.45) is 3.65. The van der Waals surface area contributed by atoms with Crippen LogP contribution in [-0.2, 0) is 5.75 Å². The highest BCUT2D eigenvalue weighted by Crippen LogP contribution is 2.28. The molecule has 3 rings (SSSR count). The third-order valence-corrected chi connectivity index (χ3v) is 4.97. The summed E-state index contributed by atoms with van der Waals surface area (Å²) in [5.74, 6) is 0.848. The molecule has 0 aliphatic carbocycles. The standard InChI is InChI=1S/C15H14N4S2/c1-10-15(21-11(2)17-10)13-5-6-14(19-18-13)20-9-12-4-3-7-16-8-12/h3-8H,9H2,1-2H3. The van der Waals surface area contributed by atoms with E-state index in [2.05, 4.69) is 26.2 Å². The van der Waals surface area contributed by atoms with E-state index in [-0.39, 0.29) is 0 Å². The minimum Gasteiger partial charge on any atom is -0.264 e. The van der Waals surface area contributed by atoms with Gasteiger partial charge in [-0.15, -0.1) is 21.5 Å². The first-order valence-corrected chi connectivity index (χ1v) is 8.32. The third kappa shape index (κ3) is 3.46. The van der Waals surface area contributed by atoms with Crippen molar-refractivity contribution in [3.05, 3.63) is 52.9 Å². The molecule has 0 saturated carbocycles. The summed E-state index contributed by atoms with van der Waals surface area (Å²) in [4.78, 5) is 9.63. The lowest BCUT2D eigenvalue weighted by molar-refractivity contribution is 0.935. The number of hydrogen-bond acceptors (Lipinski definition) is 6. The average molecular weight is 314 g/mol. The van der Waals surface area contributed by atoms with Gasteiger partial charge in [-0.25, -0.2) is 4.98 Å². The summed E-state index contributed by atoms with van der Waals surface area (Å²) in [5, 5.41) is 10.6. The Hall–Kier alpha value is -1.79. The van der Waals surface area contributed by atoms with Gasteiger partial charge in [0.25, 0.3) is 0 Å². The molecule has 6 heteroatoms. The first kappa shape index (κ1) is 14.2. The van der Waals surface area contributed by atoms with Crippen LogP contribution < -0.4 is 0 Å². The molecule has 0 spiro atoms. The molecular weight excluding hydrogens is 300 g/mol. The van der Waals surface area contributed by atoms with Gasteiger partial charge in [-0.05, 0) is 37.6 Å². The van der Waals surface area contributed by atoms with Crippen molar-refractivity contribution in [3.8, 4) is 10.6 Å². The summed E-state index contributed by atoms with van der Waals surface area (Å²) >= 11 is 3.32. The first-order chi connectivity index (χ1) is 10.2. The van der Waals surface area contributed by atoms with Crippen molar-refractivity contribution in [2.45, 2.75) is 24.6 Å². The summed E-state index contributed by atoms with van der Waals surface area (Å²) in [6, 6.07) is 8.03. The summed E-state index contributed by atoms with van der Waals surface area (Å²) in [7, 11) is 0. The van der Waals surface area contributed by atoms with E-state index in [1.807, 2.05) is 38.2 Å². The molecule has 0 aliphatic heterocycles. The van der Waals surface area contributed by atoms with Crippen molar-refractivity contribution in [1.29, 1.82) is 0 Å². The fourth-order valence-electron chi connectivity index (χ4n) is 1.93. The largest absolute Gasteiger partial charge is 0.264 e. The molecule has 0 atom stereocenters. The van der Waals surface area contributed by atoms with Crippen molar-refractivity contribution in [2.24, 2.45) is 0 Å². The van der Waals surface area contributed by atoms with Crippen LogP contribution in [0.5, 0.6) is 0 Å². The van der Waals surface area contributed by atoms with Gasteiger partial charge >= 0.3 is 0 Å². The van der Waals surface area contributed by atoms with Gasteiger partial charge < -0.3 is 0 Å². The molecule has 0 radical (unpaired) electrons. The second-order valence-electron chi connectivity index (χ2n) is 4.55. The van der Waals surface area contributed by atoms with Crippen LogP contribution in [0.2, 0.25) is 0 Å². The van der Waals surface area contributed by atoms with Gasteiger partial charge in [-0.2, -0.15) is 0 Å². The number of thioether (sulfide) groups is 1. The number of hydrogen-bond donors (Lipinski definition) is 0. The second-order valence-corrected chi connectivity index (χ2v) is 6.75. The van der Waals surface area contributed by atoms with E-state index < -0.39 is 0 Å². The zero-order chi connectivity index (χ0) is 14.7. The third-order valence-electron chi connectivity index (χ3n) is 2.89. The highest BCUT2D eigenvalue weighted by atomic mass is 32.2. The number of aromatic nitrogens is 4. The van der Waals surface area contributed by atoms with Crippen LogP contribution in [0.1, 0.15) is 16.3 Å². The van der Waals surface area contributed by atoms with E-state index in [0.29, 0.717) is 0 Å². The van der Waals surface area contributed by atoms with Crippen LogP contribution in [-0.4, -0.2) is 20.2 Å². The Morgan fingerprint density at radius 3 is 2.67 bits per heavy atom. The predicted octanol–water partition coefficient (Wildman–Crippen LogP) is 3.90. The van der Waals surface area contributed by atoms with Gasteiger partial charge in [0.15, 0.2) is 0 Å². The van der Waals surface area contributed by atoms with E-state index in [9.17, 15) is 0 Å². The fourth-order valence-corrected chi connectivity index (χ4v) is 3.56. The quantitative estimate of drug-likeness (QED) is 0.684. The maximum Gasteiger partial charge on any atom is 0.119 e. The van der Waals surface area contributed by atoms with Crippen molar-refractivity contribution in [2.75, 3.05) is 0 Å². The average Bonchev–Trinajstić information content (AvgIpc) is 2.85. The van der Waals surface area contributed by atoms with Gasteiger partial charge in [0, 0.05) is 18.1 Å². The monoisotopic (exact) mass is 314 g/mol. The normalized spacial score (nSPS) is 10.8. The molecule has 0 saturated heterocycles. The lowest BCUT2D eigenvalue weighted by atomic mass is 10.3. The Morgan fingerprint density at radius 1 is 1.14 bits per heavy atom. The van der Waals surface area contributed by atoms with Gasteiger partial charge in [0.2, 0.25) is 0 Å². The zero-order valence-electron chi connectivity index (χ0n) is 11.8. The zero-order valence-corrected chi connectivity index (χ0v) is 13.4. The van der Waals surface area contributed by atoms with Gasteiger partial charge in [0.1, 0.15) is 10.7 Å². The van der Waals surface area contributed by atoms with Crippen molar-refractivity contribution < 1.29 is 0 Å². The van der Waals surface area contributed by atoms with Gasteiger partial charge in [0.05, 0.1) is 15.6 Å². The topological polar surface area (TPSA) is 51.6 Å². The maximum absolute atomic E-state index is 4.42. The molecular formula is C15H14N4S2. The van der Waals surface area contributed by atoms with Crippen LogP contribution in [0.25, 0.3) is 10.6 Å². The highest BCUT2D eigenvalue weighted by Gasteiger charge is 2.09. The second kappa shape index (κ2) is 6.32. The minimum atomic E-state index is 0.848. The van der Waals surface area contributed by atoms with Crippen molar-refractivity contribution in [3.63, 3.8) is 0 Å². The molecule has 21 heavy (non-hydrogen) atoms. The number of rotatable bonds is 4. The number of pyridine rings is 1. The molecule has 0 fully saturated rings. The summed E-state index contributed by atoms with van der Waals surface area (Å²) in [6.45, 7) is 4.01. The smallest absolute Gasteiger partial charge is 0.119 e. The number of nitrogens with zero attached hydrogens (tertiary/aromatic N) is 4. The minimum absolute atomic E-state index is 0.848. The number of thiazole rings is 1. The first-order valence-electron chi connectivity index (χ1n) is 6.52. The SMILES string of the molecule is Cc1nc(C)c(-c2ccc(SCc3cccnc3)nn2)s1. The maximum atomic E-state index is 4.42. The van der Waals surface area contributed by atoms with Crippen LogP contribution in [0.15, 0.2) is 41.7 Å². The van der Waals surface area contributed by atoms with E-state index in [4.69, 9.17) is 0 Å². The highest BCUT2D eigenvalue weighted by molar-refractivity contribution is 7.98. The summed E-state index contributed by atoms with van der Waals surface area (Å²) < 4.78 is 0. The molecule has 3 aromatic rings. The molecule has 0 unspecified atom stereocenters. The van der Waals surface area contributed by atoms with E-state index in [0.717, 1.165) is 32.1 Å². The Morgan fingerprint density at radius 2 is 2.05 bits per heavy atom. The lowest BCUT2D eigenvalue weighted by Crippen LogP contribution is -1.90. The molecule has 3 aromatic heterocycles. The fraction of sp³-hybridized carbons (Fsp3) is 0.200. The van der Waals surface area contributed by atoms with E-state index >= 15 is 0 Å². The molecule has 0 aliphatic rings. The van der Waals surface area contributed by atoms with Crippen molar-refractivity contribution >= 4 is 23.1 Å². The lowest BCUT2D eigenvalue weighted by Gasteiger charge is -2.01. The van der Waals surface area contributed by atoms with Crippen LogP contribution in [0.4, 0.5) is 0 Å². The Balaban J connectivity index is 1.71. The molecule has 4 nitrogen and oxygen atoms in total. The number of aryl methyl sites for hydroxylation is 2. The molecule has 0 amide bonds. The molecule has 0 aromatic carbocycles. The van der Waals surface area contributed by atoms with E-state index in [1.165, 1.54) is 5.56 Å². The van der Waals surface area contributed by atoms with Gasteiger partial charge in [-0.3, -0.25) is 4.98 Å². The predicted molar refractivity (Wildman–Crippen MR) is 86.4 cm³/mol. The Bertz CT molecular complexity index is 723. The van der Waals surface area contributed by atoms with Crippen LogP contribution in [0.3, 0.4) is 0 Å². The van der Waals surface area contributed by atoms with Gasteiger partial charge in [-0.1, -0.05) is 17.8 Å². The van der Waals surface area contributed by atoms with Crippen LogP contribution >= 0.6 is 23.1 Å². The van der Waals surface area contributed by atoms with E-state index in [1.54, 1.807) is 29.3 Å².